The molecular weight excluding hydrogens is 388 g/mol. The zero-order valence-electron chi connectivity index (χ0n) is 17.0. The Bertz CT molecular complexity index is 1030. The molecule has 0 saturated heterocycles. The van der Waals surface area contributed by atoms with Gasteiger partial charge in [-0.1, -0.05) is 32.0 Å². The third-order valence-electron chi connectivity index (χ3n) is 7.07. The molecular formula is C22H28N2O4S. The first kappa shape index (κ1) is 20.3. The predicted octanol–water partition coefficient (Wildman–Crippen LogP) is 3.32. The lowest BCUT2D eigenvalue weighted by atomic mass is 9.70. The topological polar surface area (TPSA) is 85.4 Å². The fraction of sp³-hybridized carbons (Fsp3) is 0.545. The van der Waals surface area contributed by atoms with Gasteiger partial charge in [0.25, 0.3) is 0 Å². The van der Waals surface area contributed by atoms with Crippen LogP contribution in [-0.2, 0) is 14.8 Å². The van der Waals surface area contributed by atoms with Crippen LogP contribution >= 0.6 is 0 Å². The Balaban J connectivity index is 1.31. The van der Waals surface area contributed by atoms with Gasteiger partial charge in [0, 0.05) is 30.0 Å². The number of Topliss-reactive ketones (excluding diaryl/α,β-unsaturated/α-hetero) is 1. The lowest BCUT2D eigenvalue weighted by Gasteiger charge is -2.36. The molecule has 29 heavy (non-hydrogen) atoms. The van der Waals surface area contributed by atoms with Gasteiger partial charge in [-0.25, -0.2) is 13.1 Å². The quantitative estimate of drug-likeness (QED) is 0.667. The highest BCUT2D eigenvalue weighted by atomic mass is 32.2. The normalized spacial score (nSPS) is 25.6. The van der Waals surface area contributed by atoms with E-state index in [4.69, 9.17) is 4.74 Å². The highest BCUT2D eigenvalue weighted by molar-refractivity contribution is 7.89. The molecule has 0 spiro atoms. The number of sulfonamides is 1. The molecule has 0 aliphatic heterocycles. The number of para-hydroxylation sites is 1. The van der Waals surface area contributed by atoms with E-state index >= 15 is 0 Å². The van der Waals surface area contributed by atoms with Gasteiger partial charge >= 0.3 is 0 Å². The average Bonchev–Trinajstić information content (AvgIpc) is 3.01. The van der Waals surface area contributed by atoms with Crippen LogP contribution < -0.4 is 9.46 Å². The van der Waals surface area contributed by atoms with Crippen molar-refractivity contribution in [2.45, 2.75) is 39.5 Å². The van der Waals surface area contributed by atoms with E-state index in [1.54, 1.807) is 6.20 Å². The molecule has 2 bridgehead atoms. The van der Waals surface area contributed by atoms with Gasteiger partial charge in [-0.3, -0.25) is 9.78 Å². The van der Waals surface area contributed by atoms with E-state index in [-0.39, 0.29) is 23.5 Å². The molecule has 1 N–H and O–H groups in total. The molecule has 6 nitrogen and oxygen atoms in total. The Labute approximate surface area is 172 Å². The molecule has 1 heterocycles. The number of hydrogen-bond donors (Lipinski definition) is 1. The Hall–Kier alpha value is -1.99. The number of benzene rings is 1. The van der Waals surface area contributed by atoms with Crippen molar-refractivity contribution in [1.82, 2.24) is 9.71 Å². The molecule has 2 aliphatic carbocycles. The summed E-state index contributed by atoms with van der Waals surface area (Å²) in [6, 6.07) is 9.60. The summed E-state index contributed by atoms with van der Waals surface area (Å²) in [5.41, 5.74) is -0.176. The summed E-state index contributed by atoms with van der Waals surface area (Å²) in [7, 11) is -3.53. The molecule has 2 fully saturated rings. The molecule has 2 aliphatic rings. The smallest absolute Gasteiger partial charge is 0.212 e. The number of hydrogen-bond acceptors (Lipinski definition) is 5. The summed E-state index contributed by atoms with van der Waals surface area (Å²) in [6.45, 7) is 4.78. The minimum absolute atomic E-state index is 0.101. The second kappa shape index (κ2) is 7.36. The third kappa shape index (κ3) is 3.55. The number of nitrogens with one attached hydrogen (secondary N) is 1. The highest BCUT2D eigenvalue weighted by Gasteiger charge is 2.65. The maximum Gasteiger partial charge on any atom is 0.212 e. The van der Waals surface area contributed by atoms with Crippen molar-refractivity contribution in [2.75, 3.05) is 18.9 Å². The first-order chi connectivity index (χ1) is 13.8. The standard InChI is InChI=1S/C22H28N2O4S/c1-21(2)17-9-10-22(21,19(25)14-17)15-29(26,27)24-12-5-13-28-18-8-3-6-16-7-4-11-23-20(16)18/h3-4,6-8,11,17,24H,5,9-10,12-15H2,1-2H3. The van der Waals surface area contributed by atoms with Crippen LogP contribution in [0.5, 0.6) is 5.75 Å². The van der Waals surface area contributed by atoms with Crippen molar-refractivity contribution in [3.8, 4) is 5.75 Å². The van der Waals surface area contributed by atoms with Crippen LogP contribution in [0.2, 0.25) is 0 Å². The first-order valence-corrected chi connectivity index (χ1v) is 11.9. The second-order valence-electron chi connectivity index (χ2n) is 8.85. The molecule has 1 aromatic carbocycles. The van der Waals surface area contributed by atoms with Crippen molar-refractivity contribution >= 4 is 26.7 Å². The number of ketones is 1. The van der Waals surface area contributed by atoms with Crippen LogP contribution in [-0.4, -0.2) is 38.1 Å². The summed E-state index contributed by atoms with van der Waals surface area (Å²) in [6.07, 6.45) is 4.41. The van der Waals surface area contributed by atoms with Crippen molar-refractivity contribution in [3.63, 3.8) is 0 Å². The van der Waals surface area contributed by atoms with Crippen LogP contribution in [0.4, 0.5) is 0 Å². The molecule has 1 aromatic heterocycles. The van der Waals surface area contributed by atoms with Gasteiger partial charge in [-0.15, -0.1) is 0 Å². The number of ether oxygens (including phenoxy) is 1. The minimum atomic E-state index is -3.53. The van der Waals surface area contributed by atoms with Crippen LogP contribution in [0.25, 0.3) is 10.9 Å². The Morgan fingerprint density at radius 3 is 2.76 bits per heavy atom. The summed E-state index contributed by atoms with van der Waals surface area (Å²) in [4.78, 5) is 16.9. The van der Waals surface area contributed by atoms with Gasteiger partial charge in [-0.2, -0.15) is 0 Å². The molecule has 2 unspecified atom stereocenters. The summed E-state index contributed by atoms with van der Waals surface area (Å²) in [5, 5.41) is 1.00. The summed E-state index contributed by atoms with van der Waals surface area (Å²) < 4.78 is 33.9. The lowest BCUT2D eigenvalue weighted by molar-refractivity contribution is -0.128. The van der Waals surface area contributed by atoms with E-state index < -0.39 is 15.4 Å². The number of pyridine rings is 1. The Morgan fingerprint density at radius 2 is 2.03 bits per heavy atom. The summed E-state index contributed by atoms with van der Waals surface area (Å²) in [5.74, 6) is 1.03. The van der Waals surface area contributed by atoms with Crippen LogP contribution in [0.3, 0.4) is 0 Å². The summed E-state index contributed by atoms with van der Waals surface area (Å²) >= 11 is 0. The highest BCUT2D eigenvalue weighted by Crippen LogP contribution is 2.64. The molecule has 2 aromatic rings. The Kier molecular flexibility index (Phi) is 5.15. The van der Waals surface area contributed by atoms with E-state index in [9.17, 15) is 13.2 Å². The van der Waals surface area contributed by atoms with Crippen LogP contribution in [0.1, 0.15) is 39.5 Å². The molecule has 156 valence electrons. The fourth-order valence-electron chi connectivity index (χ4n) is 5.16. The molecule has 2 saturated carbocycles. The maximum absolute atomic E-state index is 12.7. The van der Waals surface area contributed by atoms with Crippen molar-refractivity contribution < 1.29 is 17.9 Å². The van der Waals surface area contributed by atoms with E-state index in [1.807, 2.05) is 30.3 Å². The first-order valence-electron chi connectivity index (χ1n) is 10.2. The Morgan fingerprint density at radius 1 is 1.24 bits per heavy atom. The lowest BCUT2D eigenvalue weighted by Crippen LogP contribution is -2.45. The van der Waals surface area contributed by atoms with Gasteiger partial charge in [0.15, 0.2) is 0 Å². The SMILES string of the molecule is CC1(C)C2CCC1(CS(=O)(=O)NCCCOc1cccc3cccnc13)C(=O)C2. The predicted molar refractivity (Wildman–Crippen MR) is 112 cm³/mol. The van der Waals surface area contributed by atoms with Crippen molar-refractivity contribution in [2.24, 2.45) is 16.7 Å². The number of rotatable bonds is 8. The van der Waals surface area contributed by atoms with Crippen LogP contribution in [0, 0.1) is 16.7 Å². The van der Waals surface area contributed by atoms with E-state index in [0.717, 1.165) is 17.3 Å². The van der Waals surface area contributed by atoms with Gasteiger partial charge < -0.3 is 4.74 Å². The number of carbonyl (C=O) groups excluding carboxylic acids is 1. The number of nitrogens with zero attached hydrogens (tertiary/aromatic N) is 1. The van der Waals surface area contributed by atoms with Crippen molar-refractivity contribution in [1.29, 1.82) is 0 Å². The fourth-order valence-corrected chi connectivity index (χ4v) is 7.04. The van der Waals surface area contributed by atoms with Gasteiger partial charge in [-0.05, 0) is 42.7 Å². The van der Waals surface area contributed by atoms with Gasteiger partial charge in [0.1, 0.15) is 17.0 Å². The van der Waals surface area contributed by atoms with E-state index in [2.05, 4.69) is 23.6 Å². The van der Waals surface area contributed by atoms with E-state index in [1.165, 1.54) is 0 Å². The molecule has 4 rings (SSSR count). The van der Waals surface area contributed by atoms with Gasteiger partial charge in [0.2, 0.25) is 10.0 Å². The number of fused-ring (bicyclic) bond motifs is 3. The zero-order chi connectivity index (χ0) is 20.7. The van der Waals surface area contributed by atoms with Crippen molar-refractivity contribution in [3.05, 3.63) is 36.5 Å². The minimum Gasteiger partial charge on any atom is -0.491 e. The average molecular weight is 417 g/mol. The zero-order valence-corrected chi connectivity index (χ0v) is 17.8. The number of aromatic nitrogens is 1. The maximum atomic E-state index is 12.7. The van der Waals surface area contributed by atoms with Crippen LogP contribution in [0.15, 0.2) is 36.5 Å². The molecule has 0 amide bonds. The van der Waals surface area contributed by atoms with Gasteiger partial charge in [0.05, 0.1) is 12.4 Å². The molecule has 2 atom stereocenters. The van der Waals surface area contributed by atoms with E-state index in [0.29, 0.717) is 37.5 Å². The second-order valence-corrected chi connectivity index (χ2v) is 10.7. The largest absolute Gasteiger partial charge is 0.491 e. The molecule has 0 radical (unpaired) electrons. The molecule has 7 heteroatoms. The monoisotopic (exact) mass is 416 g/mol. The third-order valence-corrected chi connectivity index (χ3v) is 8.59. The number of carbonyl (C=O) groups is 1.